The lowest BCUT2D eigenvalue weighted by Crippen LogP contribution is -2.61. The summed E-state index contributed by atoms with van der Waals surface area (Å²) in [7, 11) is 4.35. The molecule has 0 bridgehead atoms. The second kappa shape index (κ2) is 27.4. The molecule has 1 aliphatic carbocycles. The molecule has 1 unspecified atom stereocenters. The Bertz CT molecular complexity index is 1780. The standard InChI is InChI=1S/C51H79NO15/c1-30(14-13-22-53)24-34(5)45(57)47(65-10)46(58)35(6)25-32(3)41(56)29-43(33(4)26-37-17-19-40(55)44(27-37)64-9)66-50(61)39-15-11-12-21-52(39)49(60)48(59)51(62)36(7)16-18-38(67-51)28-42(63-8)31(2)20-23-54/h13-14,20,22-23,25,30,32-34,36-40,42-44,46-47,55,58,62H,11-12,15-19,21,24,26-29H2,1-10H3/b14-13+,31-20+,35-25+/t30-,32-,33-,34+,36-,37+,38+,39+,40-,42+,43?,44-,46-,47+,51-/m1/s1. The molecule has 0 aromatic carbocycles. The number of ketones is 3. The molecule has 0 aromatic heterocycles. The summed E-state index contributed by atoms with van der Waals surface area (Å²) in [5.74, 6) is -8.60. The molecule has 1 saturated carbocycles. The molecule has 0 aromatic rings. The van der Waals surface area contributed by atoms with E-state index in [1.807, 2.05) is 13.8 Å². The van der Waals surface area contributed by atoms with Gasteiger partial charge in [-0.3, -0.25) is 28.8 Å². The first kappa shape index (κ1) is 57.5. The van der Waals surface area contributed by atoms with Crippen molar-refractivity contribution in [1.82, 2.24) is 4.90 Å². The van der Waals surface area contributed by atoms with Crippen LogP contribution in [0.5, 0.6) is 0 Å². The fourth-order valence-electron chi connectivity index (χ4n) is 9.93. The van der Waals surface area contributed by atoms with Crippen molar-refractivity contribution >= 4 is 41.8 Å². The van der Waals surface area contributed by atoms with E-state index in [4.69, 9.17) is 23.7 Å². The maximum absolute atomic E-state index is 14.4. The van der Waals surface area contributed by atoms with Gasteiger partial charge in [-0.05, 0) is 119 Å². The highest BCUT2D eigenvalue weighted by molar-refractivity contribution is 6.39. The van der Waals surface area contributed by atoms with E-state index in [9.17, 15) is 48.9 Å². The molecule has 2 aliphatic heterocycles. The van der Waals surface area contributed by atoms with Crippen LogP contribution in [0.4, 0.5) is 0 Å². The number of ether oxygens (including phenoxy) is 5. The highest BCUT2D eigenvalue weighted by Crippen LogP contribution is 2.37. The van der Waals surface area contributed by atoms with Crippen molar-refractivity contribution in [2.75, 3.05) is 27.9 Å². The number of rotatable bonds is 26. The lowest BCUT2D eigenvalue weighted by atomic mass is 9.78. The smallest absolute Gasteiger partial charge is 0.329 e. The number of amides is 1. The van der Waals surface area contributed by atoms with Crippen molar-refractivity contribution in [1.29, 1.82) is 0 Å². The number of methoxy groups -OCH3 is 3. The number of aliphatic hydroxyl groups excluding tert-OH is 2. The van der Waals surface area contributed by atoms with Crippen LogP contribution in [0.3, 0.4) is 0 Å². The minimum absolute atomic E-state index is 0.0467. The van der Waals surface area contributed by atoms with Gasteiger partial charge in [-0.25, -0.2) is 4.79 Å². The Balaban J connectivity index is 1.85. The first-order valence-electron chi connectivity index (χ1n) is 24.1. The van der Waals surface area contributed by atoms with Crippen LogP contribution < -0.4 is 0 Å². The normalized spacial score (nSPS) is 28.9. The van der Waals surface area contributed by atoms with Crippen LogP contribution in [0.1, 0.15) is 126 Å². The molecule has 3 fully saturated rings. The van der Waals surface area contributed by atoms with Gasteiger partial charge in [0.25, 0.3) is 11.7 Å². The minimum atomic E-state index is -2.48. The molecule has 16 heteroatoms. The SMILES string of the molecule is CO[C@@H](C[C@@H]1CC[C@@H](C)[C@](O)(C(=O)C(=O)N2CCCC[C@H]2C(=O)OC(CC(=O)[C@H](C)/C=C(\C)[C@@H](O)[C@@H](OC)C(=O)[C@@H](C)C[C@H](C)/C=C/C=O)[C@H](C)C[C@@H]2CC[C@@H](O)[C@H](OC)C2)O1)/C(C)=C/C=O. The fraction of sp³-hybridized carbons (Fsp3) is 0.745. The Hall–Kier alpha value is -3.77. The van der Waals surface area contributed by atoms with Crippen molar-refractivity contribution in [3.63, 3.8) is 0 Å². The second-order valence-corrected chi connectivity index (χ2v) is 19.5. The molecule has 378 valence electrons. The molecule has 3 aliphatic rings. The van der Waals surface area contributed by atoms with Gasteiger partial charge >= 0.3 is 5.97 Å². The van der Waals surface area contributed by atoms with Gasteiger partial charge in [0.05, 0.1) is 24.4 Å². The molecule has 0 spiro atoms. The van der Waals surface area contributed by atoms with Gasteiger partial charge in [-0.15, -0.1) is 0 Å². The van der Waals surface area contributed by atoms with Crippen molar-refractivity contribution in [2.24, 2.45) is 35.5 Å². The van der Waals surface area contributed by atoms with Crippen LogP contribution in [0.15, 0.2) is 35.5 Å². The molecule has 3 rings (SSSR count). The molecular formula is C51H79NO15. The first-order valence-corrected chi connectivity index (χ1v) is 24.1. The summed E-state index contributed by atoms with van der Waals surface area (Å²) in [4.78, 5) is 93.1. The van der Waals surface area contributed by atoms with E-state index in [-0.39, 0.29) is 61.2 Å². The average Bonchev–Trinajstić information content (AvgIpc) is 3.30. The van der Waals surface area contributed by atoms with Crippen LogP contribution in [0.25, 0.3) is 0 Å². The van der Waals surface area contributed by atoms with Gasteiger partial charge in [0.1, 0.15) is 42.7 Å². The van der Waals surface area contributed by atoms with E-state index in [0.717, 1.165) is 4.90 Å². The van der Waals surface area contributed by atoms with E-state index in [1.165, 1.54) is 26.4 Å². The van der Waals surface area contributed by atoms with Crippen LogP contribution in [-0.2, 0) is 57.2 Å². The topological polar surface area (TPSA) is 230 Å². The fourth-order valence-corrected chi connectivity index (χ4v) is 9.93. The quantitative estimate of drug-likeness (QED) is 0.0341. The third-order valence-electron chi connectivity index (χ3n) is 14.3. The Kier molecular flexibility index (Phi) is 23.6. The molecule has 15 atom stereocenters. The van der Waals surface area contributed by atoms with E-state index < -0.39 is 83.9 Å². The maximum Gasteiger partial charge on any atom is 0.329 e. The number of carbonyl (C=O) groups is 7. The zero-order chi connectivity index (χ0) is 50.2. The van der Waals surface area contributed by atoms with Gasteiger partial charge in [0.2, 0.25) is 5.79 Å². The highest BCUT2D eigenvalue weighted by Gasteiger charge is 2.53. The van der Waals surface area contributed by atoms with Crippen LogP contribution >= 0.6 is 0 Å². The predicted molar refractivity (Wildman–Crippen MR) is 248 cm³/mol. The van der Waals surface area contributed by atoms with Gasteiger partial charge in [0.15, 0.2) is 5.78 Å². The van der Waals surface area contributed by atoms with Crippen LogP contribution in [-0.4, -0.2) is 144 Å². The monoisotopic (exact) mass is 946 g/mol. The third-order valence-corrected chi connectivity index (χ3v) is 14.3. The maximum atomic E-state index is 14.4. The average molecular weight is 946 g/mol. The van der Waals surface area contributed by atoms with E-state index in [1.54, 1.807) is 53.9 Å². The number of hydrogen-bond donors (Lipinski definition) is 3. The molecular weight excluding hydrogens is 867 g/mol. The van der Waals surface area contributed by atoms with Crippen molar-refractivity contribution < 1.29 is 72.6 Å². The van der Waals surface area contributed by atoms with E-state index in [2.05, 4.69) is 0 Å². The summed E-state index contributed by atoms with van der Waals surface area (Å²) in [6.07, 6.45) is 6.39. The third kappa shape index (κ3) is 15.9. The number of carbonyl (C=O) groups excluding carboxylic acids is 7. The minimum Gasteiger partial charge on any atom is -0.460 e. The van der Waals surface area contributed by atoms with Crippen molar-refractivity contribution in [2.45, 2.75) is 180 Å². The number of nitrogens with zero attached hydrogens (tertiary/aromatic N) is 1. The summed E-state index contributed by atoms with van der Waals surface area (Å²) in [5.41, 5.74) is 0.970. The summed E-state index contributed by atoms with van der Waals surface area (Å²) in [6.45, 7) is 12.1. The van der Waals surface area contributed by atoms with Crippen molar-refractivity contribution in [3.8, 4) is 0 Å². The molecule has 16 nitrogen and oxygen atoms in total. The van der Waals surface area contributed by atoms with Gasteiger partial charge < -0.3 is 43.9 Å². The number of aliphatic hydroxyl groups is 3. The number of allylic oxidation sites excluding steroid dienone is 4. The largest absolute Gasteiger partial charge is 0.460 e. The molecule has 2 saturated heterocycles. The first-order chi connectivity index (χ1) is 31.7. The zero-order valence-electron chi connectivity index (χ0n) is 41.4. The van der Waals surface area contributed by atoms with Gasteiger partial charge in [-0.1, -0.05) is 46.8 Å². The summed E-state index contributed by atoms with van der Waals surface area (Å²) in [6, 6.07) is -1.19. The number of aldehydes is 2. The number of hydrogen-bond acceptors (Lipinski definition) is 15. The van der Waals surface area contributed by atoms with E-state index in [0.29, 0.717) is 81.5 Å². The Morgan fingerprint density at radius 1 is 0.896 bits per heavy atom. The lowest BCUT2D eigenvalue weighted by Gasteiger charge is -2.42. The summed E-state index contributed by atoms with van der Waals surface area (Å²) >= 11 is 0. The highest BCUT2D eigenvalue weighted by atomic mass is 16.6. The predicted octanol–water partition coefficient (Wildman–Crippen LogP) is 5.01. The van der Waals surface area contributed by atoms with Gasteiger partial charge in [0, 0.05) is 58.5 Å². The van der Waals surface area contributed by atoms with E-state index >= 15 is 0 Å². The Morgan fingerprint density at radius 3 is 2.22 bits per heavy atom. The number of esters is 1. The second-order valence-electron chi connectivity index (χ2n) is 19.5. The van der Waals surface area contributed by atoms with Crippen molar-refractivity contribution in [3.05, 3.63) is 35.5 Å². The summed E-state index contributed by atoms with van der Waals surface area (Å²) in [5, 5.41) is 33.6. The Morgan fingerprint density at radius 2 is 1.60 bits per heavy atom. The van der Waals surface area contributed by atoms with Crippen LogP contribution in [0.2, 0.25) is 0 Å². The molecule has 1 amide bonds. The van der Waals surface area contributed by atoms with Gasteiger partial charge in [-0.2, -0.15) is 0 Å². The number of likely N-dealkylation sites (tertiary alicyclic amines) is 1. The molecule has 0 radical (unpaired) electrons. The lowest BCUT2D eigenvalue weighted by molar-refractivity contribution is -0.265. The van der Waals surface area contributed by atoms with Crippen LogP contribution in [0, 0.1) is 35.5 Å². The summed E-state index contributed by atoms with van der Waals surface area (Å²) < 4.78 is 28.8. The number of piperidine rings is 1. The zero-order valence-corrected chi connectivity index (χ0v) is 41.4. The number of Topliss-reactive ketones (excluding diaryl/α,β-unsaturated/α-hetero) is 3. The molecule has 3 N–H and O–H groups in total. The Labute approximate surface area is 397 Å². The molecule has 2 heterocycles. The molecule has 67 heavy (non-hydrogen) atoms.